The van der Waals surface area contributed by atoms with Crippen LogP contribution in [0.2, 0.25) is 0 Å². The zero-order chi connectivity index (χ0) is 21.3. The van der Waals surface area contributed by atoms with Gasteiger partial charge in [-0.25, -0.2) is 4.79 Å². The molecule has 1 aromatic carbocycles. The van der Waals surface area contributed by atoms with Crippen LogP contribution in [0.3, 0.4) is 0 Å². The topological polar surface area (TPSA) is 52.7 Å². The molecule has 0 radical (unpaired) electrons. The summed E-state index contributed by atoms with van der Waals surface area (Å²) in [6.45, 7) is 3.19. The van der Waals surface area contributed by atoms with Gasteiger partial charge in [-0.1, -0.05) is 30.3 Å². The van der Waals surface area contributed by atoms with Gasteiger partial charge < -0.3 is 15.1 Å². The average molecular weight is 436 g/mol. The van der Waals surface area contributed by atoms with Crippen molar-refractivity contribution in [1.29, 1.82) is 0 Å². The number of benzene rings is 1. The molecule has 1 N–H and O–H groups in total. The molecule has 162 valence electrons. The average Bonchev–Trinajstić information content (AvgIpc) is 3.17. The number of likely N-dealkylation sites (tertiary alicyclic amines) is 2. The molecule has 3 heterocycles. The van der Waals surface area contributed by atoms with Gasteiger partial charge in [0.2, 0.25) is 5.91 Å². The number of carbonyl (C=O) groups excluding carboxylic acids is 2. The van der Waals surface area contributed by atoms with Gasteiger partial charge >= 0.3 is 6.03 Å². The van der Waals surface area contributed by atoms with E-state index in [1.807, 2.05) is 38.8 Å². The van der Waals surface area contributed by atoms with Crippen LogP contribution in [0.1, 0.15) is 42.7 Å². The van der Waals surface area contributed by atoms with Crippen LogP contribution in [-0.4, -0.2) is 54.0 Å². The summed E-state index contributed by atoms with van der Waals surface area (Å²) in [5.41, 5.74) is 2.57. The molecule has 1 aromatic heterocycles. The van der Waals surface area contributed by atoms with Gasteiger partial charge in [-0.3, -0.25) is 4.79 Å². The van der Waals surface area contributed by atoms with Crippen LogP contribution in [0.4, 0.5) is 4.79 Å². The van der Waals surface area contributed by atoms with Gasteiger partial charge in [0.15, 0.2) is 0 Å². The third-order valence-corrected chi connectivity index (χ3v) is 7.85. The molecule has 3 amide bonds. The molecule has 0 unspecified atom stereocenters. The van der Waals surface area contributed by atoms with Crippen molar-refractivity contribution in [1.82, 2.24) is 15.1 Å². The second kappa shape index (κ2) is 8.50. The summed E-state index contributed by atoms with van der Waals surface area (Å²) in [7, 11) is 0. The monoisotopic (exact) mass is 435 g/mol. The summed E-state index contributed by atoms with van der Waals surface area (Å²) in [5, 5.41) is 7.29. The number of nitrogens with zero attached hydrogens (tertiary/aromatic N) is 2. The lowest BCUT2D eigenvalue weighted by molar-refractivity contribution is -0.128. The van der Waals surface area contributed by atoms with Crippen LogP contribution < -0.4 is 5.32 Å². The van der Waals surface area contributed by atoms with E-state index < -0.39 is 0 Å². The van der Waals surface area contributed by atoms with Crippen LogP contribution in [-0.2, 0) is 4.79 Å². The molecule has 1 spiro atoms. The van der Waals surface area contributed by atoms with Crippen LogP contribution in [0, 0.1) is 5.41 Å². The smallest absolute Gasteiger partial charge is 0.317 e. The Morgan fingerprint density at radius 2 is 1.77 bits per heavy atom. The highest BCUT2D eigenvalue weighted by Gasteiger charge is 2.45. The van der Waals surface area contributed by atoms with E-state index in [9.17, 15) is 9.59 Å². The summed E-state index contributed by atoms with van der Waals surface area (Å²) in [5.74, 6) is 0.549. The fourth-order valence-electron chi connectivity index (χ4n) is 5.03. The van der Waals surface area contributed by atoms with E-state index in [1.54, 1.807) is 17.4 Å². The van der Waals surface area contributed by atoms with Crippen molar-refractivity contribution in [2.45, 2.75) is 37.6 Å². The molecule has 31 heavy (non-hydrogen) atoms. The molecule has 2 atom stereocenters. The predicted octanol–water partition coefficient (Wildman–Crippen LogP) is 4.34. The highest BCUT2D eigenvalue weighted by Crippen LogP contribution is 2.42. The fourth-order valence-corrected chi connectivity index (χ4v) is 5.66. The Morgan fingerprint density at radius 1 is 1.03 bits per heavy atom. The third kappa shape index (κ3) is 4.54. The quantitative estimate of drug-likeness (QED) is 0.727. The Labute approximate surface area is 187 Å². The van der Waals surface area contributed by atoms with Gasteiger partial charge in [-0.2, -0.15) is 11.3 Å². The normalized spacial score (nSPS) is 24.6. The molecule has 0 bridgehead atoms. The number of carbonyl (C=O) groups is 2. The number of hydrogen-bond donors (Lipinski definition) is 1. The van der Waals surface area contributed by atoms with E-state index in [1.165, 1.54) is 5.56 Å². The van der Waals surface area contributed by atoms with E-state index in [0.717, 1.165) is 57.4 Å². The molecule has 3 aliphatic rings. The zero-order valence-corrected chi connectivity index (χ0v) is 18.5. The molecule has 5 nitrogen and oxygen atoms in total. The van der Waals surface area contributed by atoms with Gasteiger partial charge in [0.25, 0.3) is 0 Å². The maximum absolute atomic E-state index is 12.8. The molecule has 2 aliphatic heterocycles. The zero-order valence-electron chi connectivity index (χ0n) is 17.7. The van der Waals surface area contributed by atoms with Gasteiger partial charge in [-0.15, -0.1) is 0 Å². The lowest BCUT2D eigenvalue weighted by atomic mass is 9.78. The summed E-state index contributed by atoms with van der Waals surface area (Å²) in [4.78, 5) is 29.3. The Morgan fingerprint density at radius 3 is 2.48 bits per heavy atom. The fraction of sp³-hybridized carbons (Fsp3) is 0.440. The van der Waals surface area contributed by atoms with E-state index >= 15 is 0 Å². The maximum Gasteiger partial charge on any atom is 0.317 e. The third-order valence-electron chi connectivity index (χ3n) is 7.15. The lowest BCUT2D eigenvalue weighted by Gasteiger charge is -2.38. The lowest BCUT2D eigenvalue weighted by Crippen LogP contribution is -2.45. The Bertz CT molecular complexity index is 948. The van der Waals surface area contributed by atoms with Crippen molar-refractivity contribution in [3.63, 3.8) is 0 Å². The number of nitrogens with one attached hydrogen (secondary N) is 1. The first kappa shape index (κ1) is 20.3. The van der Waals surface area contributed by atoms with Crippen LogP contribution in [0.15, 0.2) is 53.2 Å². The molecule has 5 rings (SSSR count). The molecule has 2 aromatic rings. The number of piperidine rings is 1. The number of urea groups is 1. The minimum atomic E-state index is 0.0810. The Hall–Kier alpha value is -2.60. The summed E-state index contributed by atoms with van der Waals surface area (Å²) in [6, 6.07) is 12.8. The van der Waals surface area contributed by atoms with Crippen LogP contribution >= 0.6 is 11.3 Å². The standard InChI is InChI=1S/C25H29N3O2S/c29-23(7-6-19-8-15-31-17-19)27-12-9-25(10-13-27)11-14-28(18-25)24(30)26-22-16-21(22)20-4-2-1-3-5-20/h1-8,15,17,21-22H,9-14,16,18H2,(H,26,30)/b7-6+/t21-,22+/m0/s1. The summed E-state index contributed by atoms with van der Waals surface area (Å²) >= 11 is 1.63. The van der Waals surface area contributed by atoms with E-state index in [-0.39, 0.29) is 23.4 Å². The molecule has 2 saturated heterocycles. The number of rotatable bonds is 4. The molecule has 6 heteroatoms. The second-order valence-corrected chi connectivity index (χ2v) is 9.98. The summed E-state index contributed by atoms with van der Waals surface area (Å²) < 4.78 is 0. The first-order valence-electron chi connectivity index (χ1n) is 11.2. The number of thiophene rings is 1. The second-order valence-electron chi connectivity index (χ2n) is 9.20. The number of hydrogen-bond acceptors (Lipinski definition) is 3. The van der Waals surface area contributed by atoms with Gasteiger partial charge in [0.05, 0.1) is 0 Å². The maximum atomic E-state index is 12.8. The van der Waals surface area contributed by atoms with Crippen molar-refractivity contribution >= 4 is 29.4 Å². The van der Waals surface area contributed by atoms with Gasteiger partial charge in [0, 0.05) is 44.2 Å². The molecule has 1 saturated carbocycles. The molecule has 1 aliphatic carbocycles. The van der Waals surface area contributed by atoms with Gasteiger partial charge in [-0.05, 0) is 65.1 Å². The SMILES string of the molecule is O=C(/C=C/c1ccsc1)N1CCC2(CC1)CCN(C(=O)N[C@@H]1C[C@H]1c1ccccc1)C2. The summed E-state index contributed by atoms with van der Waals surface area (Å²) in [6.07, 6.45) is 7.61. The van der Waals surface area contributed by atoms with E-state index in [2.05, 4.69) is 29.6 Å². The minimum Gasteiger partial charge on any atom is -0.339 e. The number of amides is 3. The largest absolute Gasteiger partial charge is 0.339 e. The van der Waals surface area contributed by atoms with Crippen molar-refractivity contribution in [2.75, 3.05) is 26.2 Å². The molecular weight excluding hydrogens is 406 g/mol. The Balaban J connectivity index is 1.09. The molecular formula is C25H29N3O2S. The van der Waals surface area contributed by atoms with E-state index in [4.69, 9.17) is 0 Å². The van der Waals surface area contributed by atoms with E-state index in [0.29, 0.717) is 5.92 Å². The Kier molecular flexibility index (Phi) is 5.57. The van der Waals surface area contributed by atoms with Crippen LogP contribution in [0.25, 0.3) is 6.08 Å². The first-order valence-corrected chi connectivity index (χ1v) is 12.2. The highest BCUT2D eigenvalue weighted by molar-refractivity contribution is 7.08. The van der Waals surface area contributed by atoms with Crippen molar-refractivity contribution in [3.05, 3.63) is 64.4 Å². The van der Waals surface area contributed by atoms with Crippen molar-refractivity contribution < 1.29 is 9.59 Å². The molecule has 3 fully saturated rings. The predicted molar refractivity (Wildman–Crippen MR) is 124 cm³/mol. The highest BCUT2D eigenvalue weighted by atomic mass is 32.1. The van der Waals surface area contributed by atoms with Crippen molar-refractivity contribution in [3.8, 4) is 0 Å². The first-order chi connectivity index (χ1) is 15.1. The van der Waals surface area contributed by atoms with Gasteiger partial charge in [0.1, 0.15) is 0 Å². The van der Waals surface area contributed by atoms with Crippen LogP contribution in [0.5, 0.6) is 0 Å². The minimum absolute atomic E-state index is 0.0810. The van der Waals surface area contributed by atoms with Crippen molar-refractivity contribution in [2.24, 2.45) is 5.41 Å².